The number of rotatable bonds is 7. The summed E-state index contributed by atoms with van der Waals surface area (Å²) in [6.07, 6.45) is 7.99. The molecule has 8 heteroatoms. The number of nitrogens with zero attached hydrogens (tertiary/aromatic N) is 6. The third-order valence-electron chi connectivity index (χ3n) is 5.65. The molecule has 1 fully saturated rings. The van der Waals surface area contributed by atoms with E-state index in [1.165, 1.54) is 12.6 Å². The maximum Gasteiger partial charge on any atom is 0.216 e. The second kappa shape index (κ2) is 8.73. The van der Waals surface area contributed by atoms with Crippen LogP contribution in [-0.4, -0.2) is 54.8 Å². The van der Waals surface area contributed by atoms with Gasteiger partial charge in [-0.2, -0.15) is 5.10 Å². The van der Waals surface area contributed by atoms with Crippen molar-refractivity contribution in [1.82, 2.24) is 34.5 Å². The van der Waals surface area contributed by atoms with Gasteiger partial charge in [0.25, 0.3) is 0 Å². The van der Waals surface area contributed by atoms with Crippen molar-refractivity contribution in [2.24, 2.45) is 0 Å². The normalized spacial score (nSPS) is 17.7. The van der Waals surface area contributed by atoms with E-state index in [1.807, 2.05) is 29.5 Å². The van der Waals surface area contributed by atoms with Crippen molar-refractivity contribution in [3.8, 4) is 0 Å². The van der Waals surface area contributed by atoms with Gasteiger partial charge in [-0.3, -0.25) is 9.69 Å². The molecule has 29 heavy (non-hydrogen) atoms. The Bertz CT molecular complexity index is 976. The summed E-state index contributed by atoms with van der Waals surface area (Å²) in [4.78, 5) is 22.6. The summed E-state index contributed by atoms with van der Waals surface area (Å²) < 4.78 is 4.14. The molecular weight excluding hydrogens is 366 g/mol. The fourth-order valence-electron chi connectivity index (χ4n) is 4.25. The maximum absolute atomic E-state index is 11.2. The summed E-state index contributed by atoms with van der Waals surface area (Å²) >= 11 is 0. The first-order valence-electron chi connectivity index (χ1n) is 10.4. The number of aryl methyl sites for hydroxylation is 1. The molecule has 0 bridgehead atoms. The molecule has 0 aromatic carbocycles. The molecule has 0 spiro atoms. The highest BCUT2D eigenvalue weighted by Crippen LogP contribution is 2.31. The number of hydrogen-bond donors (Lipinski definition) is 1. The number of pyridine rings is 1. The molecule has 4 rings (SSSR count). The topological polar surface area (TPSA) is 80.9 Å². The zero-order valence-corrected chi connectivity index (χ0v) is 17.2. The molecule has 1 atom stereocenters. The first kappa shape index (κ1) is 19.6. The zero-order chi connectivity index (χ0) is 20.2. The van der Waals surface area contributed by atoms with Gasteiger partial charge < -0.3 is 9.88 Å². The van der Waals surface area contributed by atoms with Crippen LogP contribution in [0, 0.1) is 0 Å². The van der Waals surface area contributed by atoms with E-state index < -0.39 is 0 Å². The Morgan fingerprint density at radius 2 is 2.28 bits per heavy atom. The summed E-state index contributed by atoms with van der Waals surface area (Å²) in [5, 5.41) is 8.91. The molecule has 1 aliphatic heterocycles. The van der Waals surface area contributed by atoms with Crippen molar-refractivity contribution >= 4 is 16.9 Å². The van der Waals surface area contributed by atoms with Crippen molar-refractivity contribution in [1.29, 1.82) is 0 Å². The highest BCUT2D eigenvalue weighted by molar-refractivity contribution is 5.79. The van der Waals surface area contributed by atoms with Crippen LogP contribution in [0.1, 0.15) is 44.0 Å². The van der Waals surface area contributed by atoms with E-state index >= 15 is 0 Å². The molecule has 3 aromatic rings. The van der Waals surface area contributed by atoms with Crippen LogP contribution in [0.3, 0.4) is 0 Å². The van der Waals surface area contributed by atoms with E-state index in [0.717, 1.165) is 55.7 Å². The average Bonchev–Trinajstić information content (AvgIpc) is 3.32. The Balaban J connectivity index is 1.53. The van der Waals surface area contributed by atoms with Crippen molar-refractivity contribution in [3.05, 3.63) is 42.2 Å². The Morgan fingerprint density at radius 1 is 1.38 bits per heavy atom. The van der Waals surface area contributed by atoms with Gasteiger partial charge in [-0.25, -0.2) is 14.6 Å². The van der Waals surface area contributed by atoms with Gasteiger partial charge in [0.1, 0.15) is 0 Å². The SMILES string of the molecule is CCn1cncc1CN1CCC[C@H](c2nn(CCNC(C)=O)c3ncccc23)C1. The van der Waals surface area contributed by atoms with Gasteiger partial charge in [0.05, 0.1) is 24.3 Å². The lowest BCUT2D eigenvalue weighted by atomic mass is 9.93. The molecule has 1 amide bonds. The van der Waals surface area contributed by atoms with E-state index in [4.69, 9.17) is 5.10 Å². The van der Waals surface area contributed by atoms with Gasteiger partial charge in [-0.05, 0) is 38.4 Å². The number of fused-ring (bicyclic) bond motifs is 1. The van der Waals surface area contributed by atoms with Gasteiger partial charge in [0.2, 0.25) is 5.91 Å². The molecule has 1 aliphatic rings. The standard InChI is InChI=1S/C21H29N7O/c1-3-27-15-22-12-18(27)14-26-10-5-6-17(13-26)20-19-7-4-8-24-21(19)28(25-20)11-9-23-16(2)29/h4,7-8,12,15,17H,3,5-6,9-11,13-14H2,1-2H3,(H,23,29)/t17-/m0/s1. The smallest absolute Gasteiger partial charge is 0.216 e. The number of nitrogens with one attached hydrogen (secondary N) is 1. The molecule has 3 aromatic heterocycles. The molecule has 0 unspecified atom stereocenters. The highest BCUT2D eigenvalue weighted by Gasteiger charge is 2.26. The van der Waals surface area contributed by atoms with Gasteiger partial charge in [-0.1, -0.05) is 0 Å². The summed E-state index contributed by atoms with van der Waals surface area (Å²) in [5.41, 5.74) is 3.29. The van der Waals surface area contributed by atoms with Crippen LogP contribution in [0.5, 0.6) is 0 Å². The second-order valence-electron chi connectivity index (χ2n) is 7.71. The Kier molecular flexibility index (Phi) is 5.89. The van der Waals surface area contributed by atoms with E-state index in [-0.39, 0.29) is 5.91 Å². The maximum atomic E-state index is 11.2. The number of carbonyl (C=O) groups is 1. The van der Waals surface area contributed by atoms with Gasteiger partial charge >= 0.3 is 0 Å². The van der Waals surface area contributed by atoms with Crippen LogP contribution in [-0.2, 0) is 24.4 Å². The fourth-order valence-corrected chi connectivity index (χ4v) is 4.25. The van der Waals surface area contributed by atoms with Crippen molar-refractivity contribution in [2.45, 2.75) is 52.2 Å². The number of imidazole rings is 1. The Hall–Kier alpha value is -2.74. The first-order valence-corrected chi connectivity index (χ1v) is 10.4. The lowest BCUT2D eigenvalue weighted by molar-refractivity contribution is -0.118. The molecular formula is C21H29N7O. The van der Waals surface area contributed by atoms with E-state index in [2.05, 4.69) is 37.7 Å². The van der Waals surface area contributed by atoms with Crippen LogP contribution in [0.2, 0.25) is 0 Å². The molecule has 0 radical (unpaired) electrons. The van der Waals surface area contributed by atoms with Gasteiger partial charge in [0, 0.05) is 56.8 Å². The highest BCUT2D eigenvalue weighted by atomic mass is 16.1. The largest absolute Gasteiger partial charge is 0.354 e. The fraction of sp³-hybridized carbons (Fsp3) is 0.524. The minimum atomic E-state index is -0.0242. The van der Waals surface area contributed by atoms with Gasteiger partial charge in [-0.15, -0.1) is 0 Å². The molecule has 0 saturated carbocycles. The number of amides is 1. The van der Waals surface area contributed by atoms with Crippen LogP contribution in [0.25, 0.3) is 11.0 Å². The monoisotopic (exact) mass is 395 g/mol. The molecule has 8 nitrogen and oxygen atoms in total. The second-order valence-corrected chi connectivity index (χ2v) is 7.71. The van der Waals surface area contributed by atoms with Crippen LogP contribution in [0.4, 0.5) is 0 Å². The molecule has 1 N–H and O–H groups in total. The Labute approximate surface area is 170 Å². The lowest BCUT2D eigenvalue weighted by Crippen LogP contribution is -2.34. The Morgan fingerprint density at radius 3 is 3.10 bits per heavy atom. The summed E-state index contributed by atoms with van der Waals surface area (Å²) in [6, 6.07) is 4.09. The third-order valence-corrected chi connectivity index (χ3v) is 5.65. The molecule has 4 heterocycles. The van der Waals surface area contributed by atoms with Crippen molar-refractivity contribution in [2.75, 3.05) is 19.6 Å². The summed E-state index contributed by atoms with van der Waals surface area (Å²) in [7, 11) is 0. The predicted molar refractivity (Wildman–Crippen MR) is 111 cm³/mol. The number of hydrogen-bond acceptors (Lipinski definition) is 5. The van der Waals surface area contributed by atoms with Crippen molar-refractivity contribution < 1.29 is 4.79 Å². The molecule has 154 valence electrons. The zero-order valence-electron chi connectivity index (χ0n) is 17.2. The first-order chi connectivity index (χ1) is 14.2. The minimum absolute atomic E-state index is 0.0242. The van der Waals surface area contributed by atoms with Crippen molar-refractivity contribution in [3.63, 3.8) is 0 Å². The van der Waals surface area contributed by atoms with Gasteiger partial charge in [0.15, 0.2) is 5.65 Å². The number of likely N-dealkylation sites (tertiary alicyclic amines) is 1. The summed E-state index contributed by atoms with van der Waals surface area (Å²) in [5.74, 6) is 0.361. The lowest BCUT2D eigenvalue weighted by Gasteiger charge is -2.32. The molecule has 1 saturated heterocycles. The average molecular weight is 396 g/mol. The molecule has 0 aliphatic carbocycles. The van der Waals surface area contributed by atoms with Crippen LogP contribution >= 0.6 is 0 Å². The quantitative estimate of drug-likeness (QED) is 0.663. The predicted octanol–water partition coefficient (Wildman–Crippen LogP) is 2.16. The minimum Gasteiger partial charge on any atom is -0.354 e. The number of piperidine rings is 1. The third kappa shape index (κ3) is 4.32. The number of aromatic nitrogens is 5. The van der Waals surface area contributed by atoms with E-state index in [0.29, 0.717) is 19.0 Å². The van der Waals surface area contributed by atoms with Crippen LogP contribution in [0.15, 0.2) is 30.9 Å². The number of carbonyl (C=O) groups excluding carboxylic acids is 1. The van der Waals surface area contributed by atoms with E-state index in [1.54, 1.807) is 0 Å². The van der Waals surface area contributed by atoms with Crippen LogP contribution < -0.4 is 5.32 Å². The summed E-state index contributed by atoms with van der Waals surface area (Å²) in [6.45, 7) is 8.82. The van der Waals surface area contributed by atoms with E-state index in [9.17, 15) is 4.79 Å².